The third-order valence-corrected chi connectivity index (χ3v) is 5.05. The molecule has 32 heavy (non-hydrogen) atoms. The number of benzene rings is 1. The first-order valence-corrected chi connectivity index (χ1v) is 9.57. The second-order valence-electron chi connectivity index (χ2n) is 7.37. The number of halogens is 3. The molecular formula is C19H17F3N8O2. The molecule has 1 aromatic carbocycles. The predicted molar refractivity (Wildman–Crippen MR) is 101 cm³/mol. The van der Waals surface area contributed by atoms with Gasteiger partial charge in [0, 0.05) is 12.0 Å². The van der Waals surface area contributed by atoms with Crippen LogP contribution in [0.25, 0.3) is 11.4 Å². The fraction of sp³-hybridized carbons (Fsp3) is 0.368. The molecule has 13 heteroatoms. The maximum Gasteiger partial charge on any atom is 0.407 e. The first-order chi connectivity index (χ1) is 15.3. The smallest absolute Gasteiger partial charge is 0.342 e. The van der Waals surface area contributed by atoms with Gasteiger partial charge in [0.1, 0.15) is 17.9 Å². The number of amides is 1. The van der Waals surface area contributed by atoms with Crippen LogP contribution >= 0.6 is 0 Å². The first-order valence-electron chi connectivity index (χ1n) is 9.57. The lowest BCUT2D eigenvalue weighted by atomic mass is 10.0. The van der Waals surface area contributed by atoms with Crippen LogP contribution in [-0.4, -0.2) is 49.0 Å². The third-order valence-electron chi connectivity index (χ3n) is 5.05. The summed E-state index contributed by atoms with van der Waals surface area (Å²) in [5.74, 6) is -0.333. The molecule has 0 spiro atoms. The maximum atomic E-state index is 14.0. The number of nitrogens with one attached hydrogen (secondary N) is 3. The molecule has 0 saturated heterocycles. The number of alkyl halides is 3. The lowest BCUT2D eigenvalue weighted by Gasteiger charge is -2.27. The molecule has 1 amide bonds. The Hall–Kier alpha value is -3.79. The van der Waals surface area contributed by atoms with Crippen LogP contribution < -0.4 is 10.6 Å². The van der Waals surface area contributed by atoms with E-state index in [4.69, 9.17) is 0 Å². The van der Waals surface area contributed by atoms with Crippen molar-refractivity contribution < 1.29 is 22.5 Å². The number of carbonyl (C=O) groups is 1. The van der Waals surface area contributed by atoms with Gasteiger partial charge in [-0.2, -0.15) is 28.5 Å². The van der Waals surface area contributed by atoms with E-state index < -0.39 is 29.7 Å². The highest BCUT2D eigenvalue weighted by Crippen LogP contribution is 2.36. The number of rotatable bonds is 8. The average Bonchev–Trinajstić information content (AvgIpc) is 3.14. The van der Waals surface area contributed by atoms with Gasteiger partial charge in [0.15, 0.2) is 5.82 Å². The van der Waals surface area contributed by atoms with Crippen molar-refractivity contribution in [1.82, 2.24) is 36.0 Å². The molecule has 0 unspecified atom stereocenters. The van der Waals surface area contributed by atoms with Crippen molar-refractivity contribution in [1.29, 1.82) is 5.26 Å². The first kappa shape index (κ1) is 21.4. The Morgan fingerprint density at radius 1 is 1.28 bits per heavy atom. The summed E-state index contributed by atoms with van der Waals surface area (Å²) < 4.78 is 46.6. The summed E-state index contributed by atoms with van der Waals surface area (Å²) in [4.78, 5) is 20.6. The quantitative estimate of drug-likeness (QED) is 0.475. The number of carbonyl (C=O) groups excluding carboxylic acids is 1. The highest BCUT2D eigenvalue weighted by molar-refractivity contribution is 5.83. The van der Waals surface area contributed by atoms with E-state index >= 15 is 0 Å². The van der Waals surface area contributed by atoms with Crippen LogP contribution in [0.15, 0.2) is 41.5 Å². The monoisotopic (exact) mass is 446 g/mol. The van der Waals surface area contributed by atoms with Crippen molar-refractivity contribution in [2.24, 2.45) is 0 Å². The topological polar surface area (TPSA) is 145 Å². The molecule has 1 aliphatic rings. The minimum atomic E-state index is -4.71. The molecule has 0 aliphatic heterocycles. The second kappa shape index (κ2) is 8.39. The van der Waals surface area contributed by atoms with E-state index in [9.17, 15) is 23.2 Å². The zero-order chi connectivity index (χ0) is 22.8. The lowest BCUT2D eigenvalue weighted by Crippen LogP contribution is -2.52. The highest BCUT2D eigenvalue weighted by Gasteiger charge is 2.47. The highest BCUT2D eigenvalue weighted by atomic mass is 19.4. The molecule has 166 valence electrons. The zero-order valence-electron chi connectivity index (χ0n) is 16.4. The largest absolute Gasteiger partial charge is 0.407 e. The molecule has 0 radical (unpaired) electrons. The van der Waals surface area contributed by atoms with Crippen molar-refractivity contribution in [3.63, 3.8) is 0 Å². The van der Waals surface area contributed by atoms with Crippen LogP contribution in [-0.2, 0) is 11.2 Å². The van der Waals surface area contributed by atoms with Crippen LogP contribution in [0.5, 0.6) is 0 Å². The Kier molecular flexibility index (Phi) is 5.62. The summed E-state index contributed by atoms with van der Waals surface area (Å²) in [5, 5.41) is 24.1. The molecule has 1 aliphatic carbocycles. The normalized spacial score (nSPS) is 16.7. The SMILES string of the molecule is N#CC1(NC(=O)[C@H](Cc2nc[nH]n2)N[C@@H](c2ccc(-c3ncon3)cc2)C(F)(F)F)CC1. The van der Waals surface area contributed by atoms with Gasteiger partial charge in [-0.25, -0.2) is 4.98 Å². The van der Waals surface area contributed by atoms with Gasteiger partial charge in [-0.1, -0.05) is 29.4 Å². The van der Waals surface area contributed by atoms with Crippen LogP contribution in [0.3, 0.4) is 0 Å². The lowest BCUT2D eigenvalue weighted by molar-refractivity contribution is -0.161. The summed E-state index contributed by atoms with van der Waals surface area (Å²) in [6.07, 6.45) is -1.64. The zero-order valence-corrected chi connectivity index (χ0v) is 16.4. The van der Waals surface area contributed by atoms with E-state index in [2.05, 4.69) is 40.5 Å². The number of H-pyrrole nitrogens is 1. The molecule has 1 fully saturated rings. The van der Waals surface area contributed by atoms with Crippen LogP contribution in [0.1, 0.15) is 30.3 Å². The minimum Gasteiger partial charge on any atom is -0.342 e. The van der Waals surface area contributed by atoms with Crippen LogP contribution in [0.4, 0.5) is 13.2 Å². The number of nitriles is 1. The van der Waals surface area contributed by atoms with Crippen molar-refractivity contribution in [3.05, 3.63) is 48.4 Å². The Morgan fingerprint density at radius 3 is 2.56 bits per heavy atom. The summed E-state index contributed by atoms with van der Waals surface area (Å²) in [6, 6.07) is 3.91. The van der Waals surface area contributed by atoms with Crippen molar-refractivity contribution in [3.8, 4) is 17.5 Å². The van der Waals surface area contributed by atoms with Gasteiger partial charge in [-0.05, 0) is 18.4 Å². The molecule has 2 aromatic heterocycles. The molecule has 1 saturated carbocycles. The maximum absolute atomic E-state index is 14.0. The summed E-state index contributed by atoms with van der Waals surface area (Å²) in [6.45, 7) is 0. The Balaban J connectivity index is 1.59. The van der Waals surface area contributed by atoms with Gasteiger partial charge in [-0.3, -0.25) is 15.2 Å². The standard InChI is InChI=1S/C19H17F3N8O2/c20-19(21,22)15(11-1-3-12(4-2-11)16-25-10-32-30-16)27-13(7-14-24-9-26-29-14)17(31)28-18(8-23)5-6-18/h1-4,9-10,13,15,27H,5-7H2,(H,28,31)(H,24,26,29)/t13-,15-/m0/s1. The second-order valence-corrected chi connectivity index (χ2v) is 7.37. The fourth-order valence-electron chi connectivity index (χ4n) is 3.16. The average molecular weight is 446 g/mol. The Labute approximate surface area is 179 Å². The Morgan fingerprint density at radius 2 is 2.03 bits per heavy atom. The summed E-state index contributed by atoms with van der Waals surface area (Å²) >= 11 is 0. The molecule has 10 nitrogen and oxygen atoms in total. The third kappa shape index (κ3) is 4.75. The summed E-state index contributed by atoms with van der Waals surface area (Å²) in [7, 11) is 0. The molecule has 4 rings (SSSR count). The summed E-state index contributed by atoms with van der Waals surface area (Å²) in [5.41, 5.74) is -0.669. The minimum absolute atomic E-state index is 0.112. The Bertz CT molecular complexity index is 1090. The van der Waals surface area contributed by atoms with E-state index in [1.807, 2.05) is 6.07 Å². The molecule has 3 aromatic rings. The molecule has 3 N–H and O–H groups in total. The van der Waals surface area contributed by atoms with E-state index in [0.29, 0.717) is 18.4 Å². The van der Waals surface area contributed by atoms with E-state index in [1.165, 1.54) is 30.6 Å². The van der Waals surface area contributed by atoms with Gasteiger partial charge < -0.3 is 9.84 Å². The van der Waals surface area contributed by atoms with Crippen LogP contribution in [0, 0.1) is 11.3 Å². The molecule has 0 bridgehead atoms. The van der Waals surface area contributed by atoms with Crippen LogP contribution in [0.2, 0.25) is 0 Å². The fourth-order valence-corrected chi connectivity index (χ4v) is 3.16. The number of hydrogen-bond acceptors (Lipinski definition) is 8. The van der Waals surface area contributed by atoms with E-state index in [0.717, 1.165) is 6.39 Å². The number of aromatic amines is 1. The van der Waals surface area contributed by atoms with Gasteiger partial charge in [0.25, 0.3) is 0 Å². The molecular weight excluding hydrogens is 429 g/mol. The van der Waals surface area contributed by atoms with Crippen molar-refractivity contribution in [2.45, 2.75) is 43.1 Å². The van der Waals surface area contributed by atoms with Crippen molar-refractivity contribution >= 4 is 5.91 Å². The predicted octanol–water partition coefficient (Wildman–Crippen LogP) is 1.83. The number of aromatic nitrogens is 5. The molecule has 2 atom stereocenters. The van der Waals surface area contributed by atoms with Crippen molar-refractivity contribution in [2.75, 3.05) is 0 Å². The van der Waals surface area contributed by atoms with Gasteiger partial charge in [-0.15, -0.1) is 0 Å². The van der Waals surface area contributed by atoms with E-state index in [-0.39, 0.29) is 23.6 Å². The molecule has 2 heterocycles. The van der Waals surface area contributed by atoms with Gasteiger partial charge >= 0.3 is 6.18 Å². The van der Waals surface area contributed by atoms with Gasteiger partial charge in [0.2, 0.25) is 18.1 Å². The van der Waals surface area contributed by atoms with Gasteiger partial charge in [0.05, 0.1) is 12.1 Å². The van der Waals surface area contributed by atoms with E-state index in [1.54, 1.807) is 0 Å². The number of hydrogen-bond donors (Lipinski definition) is 3. The number of nitrogens with zero attached hydrogens (tertiary/aromatic N) is 5.